The van der Waals surface area contributed by atoms with Crippen molar-refractivity contribution in [1.82, 2.24) is 34.1 Å². The third kappa shape index (κ3) is 5.65. The summed E-state index contributed by atoms with van der Waals surface area (Å²) in [4.78, 5) is 53.3. The van der Waals surface area contributed by atoms with Gasteiger partial charge in [-0.3, -0.25) is 23.0 Å². The molecule has 4 N–H and O–H groups in total. The maximum atomic E-state index is 12.9. The Balaban J connectivity index is 1.24. The first-order valence-electron chi connectivity index (χ1n) is 12.2. The number of rotatable bonds is 9. The van der Waals surface area contributed by atoms with E-state index in [-0.39, 0.29) is 36.5 Å². The van der Waals surface area contributed by atoms with Crippen molar-refractivity contribution in [2.45, 2.75) is 70.0 Å². The molecule has 0 amide bonds. The Kier molecular flexibility index (Phi) is 7.65. The van der Waals surface area contributed by atoms with Gasteiger partial charge in [-0.2, -0.15) is 4.98 Å². The van der Waals surface area contributed by atoms with E-state index in [2.05, 4.69) is 24.9 Å². The Morgan fingerprint density at radius 1 is 1.13 bits per heavy atom. The zero-order valence-corrected chi connectivity index (χ0v) is 22.3. The van der Waals surface area contributed by atoms with Gasteiger partial charge in [0.05, 0.1) is 31.2 Å². The van der Waals surface area contributed by atoms with Crippen molar-refractivity contribution >= 4 is 24.9 Å². The van der Waals surface area contributed by atoms with Gasteiger partial charge in [0.15, 0.2) is 11.2 Å². The first-order valence-corrected chi connectivity index (χ1v) is 13.7. The molecule has 2 saturated heterocycles. The zero-order chi connectivity index (χ0) is 27.9. The molecule has 0 spiro atoms. The summed E-state index contributed by atoms with van der Waals surface area (Å²) in [5, 5.41) is 0. The first-order chi connectivity index (χ1) is 18.6. The van der Waals surface area contributed by atoms with Crippen molar-refractivity contribution in [3.8, 4) is 0 Å². The highest BCUT2D eigenvalue weighted by Crippen LogP contribution is 2.49. The van der Waals surface area contributed by atoms with Crippen LogP contribution < -0.4 is 17.0 Å². The predicted molar refractivity (Wildman–Crippen MR) is 132 cm³/mol. The van der Waals surface area contributed by atoms with E-state index >= 15 is 0 Å². The Hall–Kier alpha value is -3.05. The second-order valence-corrected chi connectivity index (χ2v) is 10.6. The van der Waals surface area contributed by atoms with Crippen molar-refractivity contribution in [3.05, 3.63) is 39.3 Å². The SMILES string of the molecule is CC[C@H]1O[C@@H](n2cnc3c(=O)[nH]c(C)nc32)CC1OP(=O)(O)OC[C@H]1O[C@@H](n2cnc(N)nc2=O)CC1OC. The third-order valence-corrected chi connectivity index (χ3v) is 7.67. The van der Waals surface area contributed by atoms with Gasteiger partial charge in [-0.25, -0.2) is 24.3 Å². The van der Waals surface area contributed by atoms with Crippen LogP contribution in [0.1, 0.15) is 44.5 Å². The number of ether oxygens (including phenoxy) is 3. The number of anilines is 1. The molecule has 0 saturated carbocycles. The number of aromatic amines is 1. The van der Waals surface area contributed by atoms with Gasteiger partial charge >= 0.3 is 13.5 Å². The fraction of sp³-hybridized carbons (Fsp3) is 0.619. The average molecular weight is 568 g/mol. The summed E-state index contributed by atoms with van der Waals surface area (Å²) in [5.74, 6) is 0.250. The molecule has 0 bridgehead atoms. The van der Waals surface area contributed by atoms with E-state index in [0.717, 1.165) is 4.57 Å². The standard InChI is InChI=1S/C21H29N8O9P/c1-4-11-13(6-15(36-11)28-8-23-17-18(28)25-10(2)26-19(17)30)38-39(32,33)35-7-14-12(34-3)5-16(37-14)29-9-24-20(22)27-21(29)31/h8-9,11-16H,4-7H2,1-3H3,(H,32,33)(H2,22,27,31)(H,25,26,30)/t11-,12?,13?,14-,15-,16-/m1/s1. The summed E-state index contributed by atoms with van der Waals surface area (Å²) in [6.07, 6.45) is -0.488. The highest BCUT2D eigenvalue weighted by atomic mass is 31.2. The van der Waals surface area contributed by atoms with Gasteiger partial charge in [-0.1, -0.05) is 6.92 Å². The molecular weight excluding hydrogens is 539 g/mol. The van der Waals surface area contributed by atoms with E-state index in [1.165, 1.54) is 19.8 Å². The Morgan fingerprint density at radius 3 is 2.54 bits per heavy atom. The number of aryl methyl sites for hydroxylation is 1. The Labute approximate surface area is 220 Å². The van der Waals surface area contributed by atoms with Gasteiger partial charge in [-0.15, -0.1) is 0 Å². The van der Waals surface area contributed by atoms with Crippen LogP contribution in [-0.2, 0) is 27.8 Å². The van der Waals surface area contributed by atoms with Gasteiger partial charge in [0, 0.05) is 20.0 Å². The molecular formula is C21H29N8O9P. The molecule has 3 aromatic rings. The number of fused-ring (bicyclic) bond motifs is 1. The highest BCUT2D eigenvalue weighted by Gasteiger charge is 2.43. The lowest BCUT2D eigenvalue weighted by molar-refractivity contribution is -0.0578. The molecule has 5 heterocycles. The number of H-pyrrole nitrogens is 1. The number of nitrogens with one attached hydrogen (secondary N) is 1. The third-order valence-electron chi connectivity index (χ3n) is 6.65. The smallest absolute Gasteiger partial charge is 0.378 e. The van der Waals surface area contributed by atoms with E-state index < -0.39 is 50.4 Å². The van der Waals surface area contributed by atoms with Crippen LogP contribution in [0.15, 0.2) is 22.2 Å². The van der Waals surface area contributed by atoms with Gasteiger partial charge < -0.3 is 29.8 Å². The van der Waals surface area contributed by atoms with E-state index in [9.17, 15) is 19.0 Å². The molecule has 2 fully saturated rings. The fourth-order valence-electron chi connectivity index (χ4n) is 4.78. The van der Waals surface area contributed by atoms with Crippen LogP contribution in [0, 0.1) is 6.92 Å². The summed E-state index contributed by atoms with van der Waals surface area (Å²) >= 11 is 0. The van der Waals surface area contributed by atoms with Crippen molar-refractivity contribution in [3.63, 3.8) is 0 Å². The molecule has 3 unspecified atom stereocenters. The Morgan fingerprint density at radius 2 is 1.82 bits per heavy atom. The van der Waals surface area contributed by atoms with Crippen LogP contribution >= 0.6 is 7.82 Å². The van der Waals surface area contributed by atoms with Crippen molar-refractivity contribution in [2.75, 3.05) is 19.5 Å². The molecule has 5 rings (SSSR count). The second kappa shape index (κ2) is 10.8. The van der Waals surface area contributed by atoms with E-state index in [1.807, 2.05) is 6.92 Å². The summed E-state index contributed by atoms with van der Waals surface area (Å²) < 4.78 is 43.8. The minimum atomic E-state index is -4.58. The molecule has 39 heavy (non-hydrogen) atoms. The molecule has 17 nitrogen and oxygen atoms in total. The van der Waals surface area contributed by atoms with Gasteiger partial charge in [0.1, 0.15) is 30.7 Å². The Bertz CT molecular complexity index is 1510. The normalized spacial score (nSPS) is 28.7. The largest absolute Gasteiger partial charge is 0.472 e. The highest BCUT2D eigenvalue weighted by molar-refractivity contribution is 7.47. The minimum Gasteiger partial charge on any atom is -0.378 e. The van der Waals surface area contributed by atoms with Crippen LogP contribution in [0.5, 0.6) is 0 Å². The number of phosphoric acid groups is 1. The lowest BCUT2D eigenvalue weighted by Crippen LogP contribution is -2.30. The molecule has 7 atom stereocenters. The number of hydrogen-bond acceptors (Lipinski definition) is 13. The number of nitrogens with zero attached hydrogens (tertiary/aromatic N) is 6. The number of nitrogen functional groups attached to an aromatic ring is 1. The molecule has 0 aliphatic carbocycles. The zero-order valence-electron chi connectivity index (χ0n) is 21.4. The molecule has 0 radical (unpaired) electrons. The lowest BCUT2D eigenvalue weighted by Gasteiger charge is -2.22. The average Bonchev–Trinajstić information content (AvgIpc) is 3.59. The van der Waals surface area contributed by atoms with E-state index in [4.69, 9.17) is 29.0 Å². The maximum Gasteiger partial charge on any atom is 0.472 e. The topological polar surface area (TPSA) is 221 Å². The minimum absolute atomic E-state index is 0.160. The van der Waals surface area contributed by atoms with E-state index in [0.29, 0.717) is 17.9 Å². The van der Waals surface area contributed by atoms with Crippen LogP contribution in [0.25, 0.3) is 11.2 Å². The van der Waals surface area contributed by atoms with Crippen LogP contribution in [0.3, 0.4) is 0 Å². The number of aromatic nitrogens is 7. The molecule has 0 aromatic carbocycles. The number of hydrogen-bond donors (Lipinski definition) is 3. The molecule has 2 aliphatic rings. The van der Waals surface area contributed by atoms with E-state index in [1.54, 1.807) is 11.5 Å². The van der Waals surface area contributed by atoms with Crippen molar-refractivity contribution < 1.29 is 32.7 Å². The van der Waals surface area contributed by atoms with Crippen LogP contribution in [0.4, 0.5) is 5.95 Å². The number of methoxy groups -OCH3 is 1. The summed E-state index contributed by atoms with van der Waals surface area (Å²) in [6, 6.07) is 0. The lowest BCUT2D eigenvalue weighted by atomic mass is 10.1. The van der Waals surface area contributed by atoms with Gasteiger partial charge in [0.25, 0.3) is 5.56 Å². The van der Waals surface area contributed by atoms with Gasteiger partial charge in [0.2, 0.25) is 5.95 Å². The summed E-state index contributed by atoms with van der Waals surface area (Å²) in [5.41, 5.74) is 4.91. The maximum absolute atomic E-state index is 12.9. The molecule has 212 valence electrons. The first kappa shape index (κ1) is 27.5. The van der Waals surface area contributed by atoms with Crippen molar-refractivity contribution in [2.24, 2.45) is 0 Å². The second-order valence-electron chi connectivity index (χ2n) is 9.20. The van der Waals surface area contributed by atoms with Crippen LogP contribution in [-0.4, -0.2) is 77.1 Å². The van der Waals surface area contributed by atoms with Gasteiger partial charge in [-0.05, 0) is 13.3 Å². The van der Waals surface area contributed by atoms with Crippen molar-refractivity contribution in [1.29, 1.82) is 0 Å². The number of phosphoric ester groups is 1. The number of nitrogens with two attached hydrogens (primary N) is 1. The summed E-state index contributed by atoms with van der Waals surface area (Å²) in [6.45, 7) is 3.16. The fourth-order valence-corrected chi connectivity index (χ4v) is 5.74. The van der Waals surface area contributed by atoms with Crippen LogP contribution in [0.2, 0.25) is 0 Å². The quantitative estimate of drug-likeness (QED) is 0.293. The molecule has 3 aromatic heterocycles. The molecule has 2 aliphatic heterocycles. The predicted octanol–water partition coefficient (Wildman–Crippen LogP) is 0.164. The molecule has 18 heteroatoms. The monoisotopic (exact) mass is 568 g/mol. The summed E-state index contributed by atoms with van der Waals surface area (Å²) in [7, 11) is -3.13. The number of imidazole rings is 1.